The van der Waals surface area contributed by atoms with Gasteiger partial charge in [0.15, 0.2) is 0 Å². The Bertz CT molecular complexity index is 883. The van der Waals surface area contributed by atoms with Crippen LogP contribution in [-0.2, 0) is 6.54 Å². The van der Waals surface area contributed by atoms with Crippen LogP contribution in [0.3, 0.4) is 0 Å². The minimum atomic E-state index is 0.888. The first-order valence-electron chi connectivity index (χ1n) is 7.87. The second kappa shape index (κ2) is 6.21. The molecule has 0 aliphatic rings. The number of hydrogen-bond donors (Lipinski definition) is 0. The van der Waals surface area contributed by atoms with E-state index in [2.05, 4.69) is 65.3 Å². The maximum atomic E-state index is 4.58. The lowest BCUT2D eigenvalue weighted by Gasteiger charge is -2.12. The summed E-state index contributed by atoms with van der Waals surface area (Å²) in [7, 11) is 0. The number of aryl methyl sites for hydroxylation is 3. The number of nitrogens with zero attached hydrogens (tertiary/aromatic N) is 3. The van der Waals surface area contributed by atoms with Gasteiger partial charge in [-0.2, -0.15) is 0 Å². The fourth-order valence-electron chi connectivity index (χ4n) is 3.08. The standard InChI is InChI=1S/C20H21N3/c1-5-21-19(16-12-11-14(3)22-13-16)20-15(4)17-9-7-8-10-18(17)23(20)6-2/h5,7-13H,1,6H2,2-4H3. The minimum Gasteiger partial charge on any atom is -0.339 e. The smallest absolute Gasteiger partial charge is 0.0956 e. The lowest BCUT2D eigenvalue weighted by Crippen LogP contribution is -2.12. The molecule has 0 bridgehead atoms. The molecule has 23 heavy (non-hydrogen) atoms. The molecule has 0 aliphatic heterocycles. The fraction of sp³-hybridized carbons (Fsp3) is 0.200. The second-order valence-corrected chi connectivity index (χ2v) is 5.58. The summed E-state index contributed by atoms with van der Waals surface area (Å²) in [6, 6.07) is 12.6. The molecule has 0 unspecified atom stereocenters. The molecule has 0 aliphatic carbocycles. The van der Waals surface area contributed by atoms with Crippen molar-refractivity contribution < 1.29 is 0 Å². The Morgan fingerprint density at radius 2 is 2.00 bits per heavy atom. The van der Waals surface area contributed by atoms with E-state index < -0.39 is 0 Å². The van der Waals surface area contributed by atoms with Crippen molar-refractivity contribution in [2.75, 3.05) is 0 Å². The zero-order valence-electron chi connectivity index (χ0n) is 13.9. The summed E-state index contributed by atoms with van der Waals surface area (Å²) < 4.78 is 2.31. The van der Waals surface area contributed by atoms with Crippen LogP contribution in [0.15, 0.2) is 60.4 Å². The highest BCUT2D eigenvalue weighted by atomic mass is 15.0. The topological polar surface area (TPSA) is 30.2 Å². The van der Waals surface area contributed by atoms with Crippen LogP contribution in [0.4, 0.5) is 0 Å². The Morgan fingerprint density at radius 3 is 2.65 bits per heavy atom. The van der Waals surface area contributed by atoms with Crippen molar-refractivity contribution in [3.05, 3.63) is 77.9 Å². The Hall–Kier alpha value is -2.68. The van der Waals surface area contributed by atoms with Gasteiger partial charge in [0.1, 0.15) is 0 Å². The highest BCUT2D eigenvalue weighted by Crippen LogP contribution is 2.28. The number of hydrogen-bond acceptors (Lipinski definition) is 2. The van der Waals surface area contributed by atoms with E-state index in [0.717, 1.165) is 29.2 Å². The number of pyridine rings is 1. The van der Waals surface area contributed by atoms with Crippen LogP contribution < -0.4 is 0 Å². The van der Waals surface area contributed by atoms with E-state index in [0.29, 0.717) is 0 Å². The van der Waals surface area contributed by atoms with Crippen molar-refractivity contribution in [1.82, 2.24) is 9.55 Å². The molecule has 0 N–H and O–H groups in total. The zero-order valence-corrected chi connectivity index (χ0v) is 13.9. The van der Waals surface area contributed by atoms with Gasteiger partial charge in [-0.15, -0.1) is 0 Å². The van der Waals surface area contributed by atoms with Gasteiger partial charge in [0, 0.05) is 41.1 Å². The van der Waals surface area contributed by atoms with Crippen molar-refractivity contribution in [2.45, 2.75) is 27.3 Å². The first-order valence-corrected chi connectivity index (χ1v) is 7.87. The average Bonchev–Trinajstić information content (AvgIpc) is 2.86. The molecule has 2 aromatic heterocycles. The van der Waals surface area contributed by atoms with Crippen molar-refractivity contribution in [1.29, 1.82) is 0 Å². The number of aliphatic imine (C=N–C) groups is 1. The van der Waals surface area contributed by atoms with Crippen LogP contribution in [0.1, 0.15) is 29.4 Å². The number of para-hydroxylation sites is 1. The predicted octanol–water partition coefficient (Wildman–Crippen LogP) is 4.65. The van der Waals surface area contributed by atoms with Gasteiger partial charge in [-0.1, -0.05) is 24.8 Å². The molecule has 3 aromatic rings. The Balaban J connectivity index is 2.31. The molecule has 0 fully saturated rings. The lowest BCUT2D eigenvalue weighted by atomic mass is 10.0. The molecule has 0 saturated heterocycles. The van der Waals surface area contributed by atoms with E-state index in [9.17, 15) is 0 Å². The summed E-state index contributed by atoms with van der Waals surface area (Å²) in [5.41, 5.74) is 6.54. The van der Waals surface area contributed by atoms with Crippen molar-refractivity contribution >= 4 is 16.6 Å². The van der Waals surface area contributed by atoms with Gasteiger partial charge >= 0.3 is 0 Å². The Labute approximate surface area is 137 Å². The van der Waals surface area contributed by atoms with Crippen LogP contribution in [-0.4, -0.2) is 15.3 Å². The Morgan fingerprint density at radius 1 is 1.22 bits per heavy atom. The number of aromatic nitrogens is 2. The molecule has 3 rings (SSSR count). The summed E-state index contributed by atoms with van der Waals surface area (Å²) in [4.78, 5) is 9.00. The molecular weight excluding hydrogens is 282 g/mol. The SMILES string of the molecule is C=CN=C(c1ccc(C)nc1)c1c(C)c2ccccc2n1CC. The van der Waals surface area contributed by atoms with Gasteiger partial charge in [-0.05, 0) is 44.5 Å². The Kier molecular flexibility index (Phi) is 4.11. The van der Waals surface area contributed by atoms with Gasteiger partial charge in [-0.25, -0.2) is 0 Å². The molecule has 0 amide bonds. The van der Waals surface area contributed by atoms with Crippen molar-refractivity contribution in [3.8, 4) is 0 Å². The van der Waals surface area contributed by atoms with Gasteiger partial charge in [0.25, 0.3) is 0 Å². The second-order valence-electron chi connectivity index (χ2n) is 5.58. The minimum absolute atomic E-state index is 0.888. The van der Waals surface area contributed by atoms with E-state index >= 15 is 0 Å². The number of fused-ring (bicyclic) bond motifs is 1. The third kappa shape index (κ3) is 2.59. The van der Waals surface area contributed by atoms with Crippen molar-refractivity contribution in [2.24, 2.45) is 4.99 Å². The van der Waals surface area contributed by atoms with E-state index in [4.69, 9.17) is 0 Å². The molecule has 116 valence electrons. The fourth-order valence-corrected chi connectivity index (χ4v) is 3.08. The highest BCUT2D eigenvalue weighted by Gasteiger charge is 2.19. The average molecular weight is 303 g/mol. The first kappa shape index (κ1) is 15.2. The number of rotatable bonds is 4. The maximum Gasteiger partial charge on any atom is 0.0956 e. The highest BCUT2D eigenvalue weighted by molar-refractivity contribution is 6.15. The van der Waals surface area contributed by atoms with E-state index in [1.165, 1.54) is 16.5 Å². The largest absolute Gasteiger partial charge is 0.339 e. The summed E-state index contributed by atoms with van der Waals surface area (Å²) >= 11 is 0. The van der Waals surface area contributed by atoms with Gasteiger partial charge in [-0.3, -0.25) is 9.98 Å². The van der Waals surface area contributed by atoms with Gasteiger partial charge in [0.05, 0.1) is 11.4 Å². The van der Waals surface area contributed by atoms with Crippen LogP contribution in [0.25, 0.3) is 10.9 Å². The van der Waals surface area contributed by atoms with Gasteiger partial charge in [0.2, 0.25) is 0 Å². The third-order valence-electron chi connectivity index (χ3n) is 4.17. The quantitative estimate of drug-likeness (QED) is 0.645. The molecular formula is C20H21N3. The third-order valence-corrected chi connectivity index (χ3v) is 4.17. The summed E-state index contributed by atoms with van der Waals surface area (Å²) in [5, 5.41) is 1.26. The van der Waals surface area contributed by atoms with E-state index in [-0.39, 0.29) is 0 Å². The lowest BCUT2D eigenvalue weighted by molar-refractivity contribution is 0.787. The van der Waals surface area contributed by atoms with Gasteiger partial charge < -0.3 is 4.57 Å². The molecule has 1 aromatic carbocycles. The van der Waals surface area contributed by atoms with Crippen molar-refractivity contribution in [3.63, 3.8) is 0 Å². The van der Waals surface area contributed by atoms with Crippen LogP contribution in [0.2, 0.25) is 0 Å². The molecule has 0 saturated carbocycles. The van der Waals surface area contributed by atoms with Crippen LogP contribution in [0.5, 0.6) is 0 Å². The maximum absolute atomic E-state index is 4.58. The molecule has 0 radical (unpaired) electrons. The summed E-state index contributed by atoms with van der Waals surface area (Å²) in [6.45, 7) is 11.0. The monoisotopic (exact) mass is 303 g/mol. The normalized spacial score (nSPS) is 11.9. The van der Waals surface area contributed by atoms with E-state index in [1.54, 1.807) is 6.20 Å². The summed E-state index contributed by atoms with van der Waals surface area (Å²) in [6.07, 6.45) is 3.49. The molecule has 3 nitrogen and oxygen atoms in total. The van der Waals surface area contributed by atoms with E-state index in [1.807, 2.05) is 19.2 Å². The predicted molar refractivity (Wildman–Crippen MR) is 97.2 cm³/mol. The molecule has 2 heterocycles. The zero-order chi connectivity index (χ0) is 16.4. The number of benzene rings is 1. The molecule has 0 spiro atoms. The first-order chi connectivity index (χ1) is 11.2. The molecule has 3 heteroatoms. The summed E-state index contributed by atoms with van der Waals surface area (Å²) in [5.74, 6) is 0. The van der Waals surface area contributed by atoms with Crippen LogP contribution in [0, 0.1) is 13.8 Å². The van der Waals surface area contributed by atoms with Crippen LogP contribution >= 0.6 is 0 Å². The molecule has 0 atom stereocenters.